The Bertz CT molecular complexity index is 540. The molecule has 0 unspecified atom stereocenters. The molecule has 0 radical (unpaired) electrons. The molecule has 1 aromatic carbocycles. The molecule has 0 saturated heterocycles. The number of nitrogens with one attached hydrogen (secondary N) is 1. The van der Waals surface area contributed by atoms with Crippen LogP contribution in [-0.4, -0.2) is 21.6 Å². The predicted octanol–water partition coefficient (Wildman–Crippen LogP) is 1.21. The number of aromatic nitrogens is 2. The van der Waals surface area contributed by atoms with Crippen molar-refractivity contribution in [3.8, 4) is 0 Å². The Balaban J connectivity index is 1.94. The van der Waals surface area contributed by atoms with Crippen LogP contribution < -0.4 is 11.1 Å². The number of rotatable bonds is 5. The van der Waals surface area contributed by atoms with Gasteiger partial charge in [-0.15, -0.1) is 0 Å². The van der Waals surface area contributed by atoms with Crippen LogP contribution in [0.4, 0.5) is 17.1 Å². The number of nitro groups is 1. The van der Waals surface area contributed by atoms with E-state index in [1.807, 2.05) is 0 Å². The number of hydrogen-bond acceptors (Lipinski definition) is 7. The summed E-state index contributed by atoms with van der Waals surface area (Å²) in [5.41, 5.74) is 6.31. The van der Waals surface area contributed by atoms with Crippen LogP contribution in [-0.2, 0) is 6.42 Å². The third kappa shape index (κ3) is 2.73. The zero-order chi connectivity index (χ0) is 13.0. The predicted molar refractivity (Wildman–Crippen MR) is 64.0 cm³/mol. The van der Waals surface area contributed by atoms with E-state index in [0.29, 0.717) is 24.5 Å². The maximum absolute atomic E-state index is 10.6. The lowest BCUT2D eigenvalue weighted by atomic mass is 10.2. The van der Waals surface area contributed by atoms with Gasteiger partial charge in [0.25, 0.3) is 5.69 Å². The van der Waals surface area contributed by atoms with E-state index >= 15 is 0 Å². The van der Waals surface area contributed by atoms with Crippen LogP contribution in [0.5, 0.6) is 0 Å². The summed E-state index contributed by atoms with van der Waals surface area (Å²) in [5.74, 6) is 0.595. The molecule has 0 saturated carbocycles. The third-order valence-electron chi connectivity index (χ3n) is 2.31. The van der Waals surface area contributed by atoms with Crippen LogP contribution >= 0.6 is 0 Å². The second-order valence-electron chi connectivity index (χ2n) is 3.55. The summed E-state index contributed by atoms with van der Waals surface area (Å²) in [6.07, 6.45) is 1.85. The fourth-order valence-corrected chi connectivity index (χ4v) is 1.45. The molecular weight excluding hydrogens is 238 g/mol. The van der Waals surface area contributed by atoms with E-state index < -0.39 is 4.92 Å². The van der Waals surface area contributed by atoms with Gasteiger partial charge in [-0.1, -0.05) is 5.16 Å². The summed E-state index contributed by atoms with van der Waals surface area (Å²) in [6, 6.07) is 4.49. The minimum Gasteiger partial charge on any atom is -0.393 e. The van der Waals surface area contributed by atoms with Crippen molar-refractivity contribution >= 4 is 17.1 Å². The van der Waals surface area contributed by atoms with E-state index in [1.54, 1.807) is 6.07 Å². The lowest BCUT2D eigenvalue weighted by Crippen LogP contribution is -2.06. The van der Waals surface area contributed by atoms with Crippen molar-refractivity contribution in [3.63, 3.8) is 0 Å². The molecule has 0 aliphatic carbocycles. The van der Waals surface area contributed by atoms with Crippen LogP contribution in [0.3, 0.4) is 0 Å². The smallest absolute Gasteiger partial charge is 0.292 e. The topological polar surface area (TPSA) is 120 Å². The summed E-state index contributed by atoms with van der Waals surface area (Å²) >= 11 is 0. The number of hydrogen-bond donors (Lipinski definition) is 2. The van der Waals surface area contributed by atoms with Gasteiger partial charge < -0.3 is 15.6 Å². The van der Waals surface area contributed by atoms with Gasteiger partial charge in [0.05, 0.1) is 4.92 Å². The average Bonchev–Trinajstić information content (AvgIpc) is 2.81. The molecule has 0 aliphatic rings. The van der Waals surface area contributed by atoms with Crippen LogP contribution in [0.15, 0.2) is 29.1 Å². The Morgan fingerprint density at radius 1 is 1.50 bits per heavy atom. The fourth-order valence-electron chi connectivity index (χ4n) is 1.45. The monoisotopic (exact) mass is 249 g/mol. The average molecular weight is 249 g/mol. The Morgan fingerprint density at radius 3 is 2.94 bits per heavy atom. The van der Waals surface area contributed by atoms with E-state index in [4.69, 9.17) is 5.73 Å². The van der Waals surface area contributed by atoms with Crippen molar-refractivity contribution in [3.05, 3.63) is 40.5 Å². The normalized spacial score (nSPS) is 10.2. The molecule has 18 heavy (non-hydrogen) atoms. The van der Waals surface area contributed by atoms with Gasteiger partial charge >= 0.3 is 0 Å². The van der Waals surface area contributed by atoms with Gasteiger partial charge in [0.15, 0.2) is 5.82 Å². The van der Waals surface area contributed by atoms with E-state index in [-0.39, 0.29) is 11.4 Å². The zero-order valence-corrected chi connectivity index (χ0v) is 9.37. The van der Waals surface area contributed by atoms with Gasteiger partial charge in [0, 0.05) is 24.7 Å². The lowest BCUT2D eigenvalue weighted by Gasteiger charge is -2.05. The second kappa shape index (κ2) is 5.13. The minimum absolute atomic E-state index is 0.0984. The molecule has 8 nitrogen and oxygen atoms in total. The molecule has 0 spiro atoms. The Kier molecular flexibility index (Phi) is 3.37. The van der Waals surface area contributed by atoms with Crippen LogP contribution in [0.2, 0.25) is 0 Å². The highest BCUT2D eigenvalue weighted by atomic mass is 16.6. The summed E-state index contributed by atoms with van der Waals surface area (Å²) in [5, 5.41) is 17.3. The summed E-state index contributed by atoms with van der Waals surface area (Å²) < 4.78 is 4.59. The van der Waals surface area contributed by atoms with Gasteiger partial charge in [0.1, 0.15) is 5.69 Å². The molecule has 3 N–H and O–H groups in total. The van der Waals surface area contributed by atoms with Gasteiger partial charge in [-0.3, -0.25) is 10.1 Å². The zero-order valence-electron chi connectivity index (χ0n) is 9.37. The highest BCUT2D eigenvalue weighted by Gasteiger charge is 2.10. The first kappa shape index (κ1) is 11.8. The Labute approximate surface area is 102 Å². The third-order valence-corrected chi connectivity index (χ3v) is 2.31. The molecule has 1 aromatic heterocycles. The van der Waals surface area contributed by atoms with Crippen molar-refractivity contribution in [1.29, 1.82) is 0 Å². The van der Waals surface area contributed by atoms with Crippen molar-refractivity contribution in [2.24, 2.45) is 0 Å². The number of anilines is 2. The second-order valence-corrected chi connectivity index (χ2v) is 3.55. The van der Waals surface area contributed by atoms with Gasteiger partial charge in [-0.25, -0.2) is 0 Å². The van der Waals surface area contributed by atoms with Gasteiger partial charge in [-0.05, 0) is 12.1 Å². The first-order valence-electron chi connectivity index (χ1n) is 5.20. The molecule has 0 aliphatic heterocycles. The summed E-state index contributed by atoms with van der Waals surface area (Å²) in [4.78, 5) is 13.9. The maximum Gasteiger partial charge on any atom is 0.292 e. The summed E-state index contributed by atoms with van der Waals surface area (Å²) in [7, 11) is 0. The number of benzene rings is 1. The van der Waals surface area contributed by atoms with E-state index in [1.165, 1.54) is 18.5 Å². The minimum atomic E-state index is -0.515. The first-order chi connectivity index (χ1) is 8.66. The molecule has 2 aromatic rings. The van der Waals surface area contributed by atoms with Crippen LogP contribution in [0.25, 0.3) is 0 Å². The van der Waals surface area contributed by atoms with Crippen LogP contribution in [0, 0.1) is 10.1 Å². The Hall–Kier alpha value is -2.64. The van der Waals surface area contributed by atoms with E-state index in [9.17, 15) is 10.1 Å². The first-order valence-corrected chi connectivity index (χ1v) is 5.20. The lowest BCUT2D eigenvalue weighted by molar-refractivity contribution is -0.383. The van der Waals surface area contributed by atoms with Crippen molar-refractivity contribution in [2.45, 2.75) is 6.42 Å². The van der Waals surface area contributed by atoms with E-state index in [0.717, 1.165) is 0 Å². The molecule has 94 valence electrons. The molecule has 8 heteroatoms. The highest BCUT2D eigenvalue weighted by molar-refractivity contribution is 5.65. The largest absolute Gasteiger partial charge is 0.393 e. The number of nitrogen functional groups attached to an aromatic ring is 1. The number of nitrogens with two attached hydrogens (primary N) is 1. The SMILES string of the molecule is Nc1cc(NCCc2ncon2)ccc1[N+](=O)[O-]. The maximum atomic E-state index is 10.6. The standard InChI is InChI=1S/C10H11N5O3/c11-8-5-7(1-2-9(8)15(16)17)12-4-3-10-13-6-18-14-10/h1-2,5-6,12H,3-4,11H2. The molecule has 0 bridgehead atoms. The molecule has 0 atom stereocenters. The van der Waals surface area contributed by atoms with Gasteiger partial charge in [-0.2, -0.15) is 4.98 Å². The molecule has 0 fully saturated rings. The number of nitrogens with zero attached hydrogens (tertiary/aromatic N) is 3. The van der Waals surface area contributed by atoms with Crippen molar-refractivity contribution < 1.29 is 9.45 Å². The summed E-state index contributed by atoms with van der Waals surface area (Å²) in [6.45, 7) is 0.580. The molecule has 1 heterocycles. The quantitative estimate of drug-likeness (QED) is 0.464. The highest BCUT2D eigenvalue weighted by Crippen LogP contribution is 2.24. The van der Waals surface area contributed by atoms with E-state index in [2.05, 4.69) is 20.0 Å². The fraction of sp³-hybridized carbons (Fsp3) is 0.200. The molecule has 0 amide bonds. The molecular formula is C10H11N5O3. The van der Waals surface area contributed by atoms with Crippen molar-refractivity contribution in [1.82, 2.24) is 10.1 Å². The number of nitro benzene ring substituents is 1. The Morgan fingerprint density at radius 2 is 2.33 bits per heavy atom. The molecule has 2 rings (SSSR count). The van der Waals surface area contributed by atoms with Crippen LogP contribution in [0.1, 0.15) is 5.82 Å². The van der Waals surface area contributed by atoms with Crippen molar-refractivity contribution in [2.75, 3.05) is 17.6 Å². The van der Waals surface area contributed by atoms with Gasteiger partial charge in [0.2, 0.25) is 6.39 Å².